The van der Waals surface area contributed by atoms with Gasteiger partial charge in [-0.1, -0.05) is 0 Å². The second-order valence-electron chi connectivity index (χ2n) is 5.14. The number of carbonyl (C=O) groups is 1. The number of hydrogen-bond donors (Lipinski definition) is 2. The van der Waals surface area contributed by atoms with Crippen LogP contribution in [0.5, 0.6) is 0 Å². The number of rotatable bonds is 3. The van der Waals surface area contributed by atoms with Gasteiger partial charge in [0, 0.05) is 32.1 Å². The van der Waals surface area contributed by atoms with Crippen molar-refractivity contribution in [1.29, 1.82) is 0 Å². The number of carbonyl (C=O) groups excluding carboxylic acids is 1. The fourth-order valence-corrected chi connectivity index (χ4v) is 2.54. The molecular formula is C11H17F4N3O. The number of nitrogens with one attached hydrogen (secondary N) is 2. The van der Waals surface area contributed by atoms with Gasteiger partial charge < -0.3 is 10.6 Å². The molecule has 8 heteroatoms. The second-order valence-corrected chi connectivity index (χ2v) is 5.14. The monoisotopic (exact) mass is 283 g/mol. The molecule has 2 N–H and O–H groups in total. The predicted molar refractivity (Wildman–Crippen MR) is 60.3 cm³/mol. The minimum Gasteiger partial charge on any atom is -0.351 e. The summed E-state index contributed by atoms with van der Waals surface area (Å²) in [6, 6.07) is -0.845. The largest absolute Gasteiger partial charge is 0.401 e. The van der Waals surface area contributed by atoms with E-state index in [4.69, 9.17) is 0 Å². The molecule has 2 heterocycles. The highest BCUT2D eigenvalue weighted by atomic mass is 19.4. The van der Waals surface area contributed by atoms with Gasteiger partial charge >= 0.3 is 6.18 Å². The second kappa shape index (κ2) is 5.62. The van der Waals surface area contributed by atoms with E-state index in [1.807, 2.05) is 0 Å². The SMILES string of the molecule is O=C(NC1CCN(CC(F)(F)F)C1)[C@@H]1C[C@@H](F)CN1. The molecule has 2 aliphatic heterocycles. The number of nitrogens with zero attached hydrogens (tertiary/aromatic N) is 1. The topological polar surface area (TPSA) is 44.4 Å². The van der Waals surface area contributed by atoms with E-state index in [2.05, 4.69) is 10.6 Å². The summed E-state index contributed by atoms with van der Waals surface area (Å²) in [5, 5.41) is 5.43. The fraction of sp³-hybridized carbons (Fsp3) is 0.909. The smallest absolute Gasteiger partial charge is 0.351 e. The Morgan fingerprint density at radius 3 is 2.74 bits per heavy atom. The average Bonchev–Trinajstić information content (AvgIpc) is 2.85. The lowest BCUT2D eigenvalue weighted by Crippen LogP contribution is -2.46. The molecule has 2 aliphatic rings. The van der Waals surface area contributed by atoms with Crippen molar-refractivity contribution in [3.63, 3.8) is 0 Å². The zero-order chi connectivity index (χ0) is 14.0. The third-order valence-corrected chi connectivity index (χ3v) is 3.42. The average molecular weight is 283 g/mol. The molecule has 0 spiro atoms. The highest BCUT2D eigenvalue weighted by molar-refractivity contribution is 5.82. The Morgan fingerprint density at radius 2 is 2.16 bits per heavy atom. The molecule has 1 amide bonds. The minimum absolute atomic E-state index is 0.130. The molecule has 0 saturated carbocycles. The third kappa shape index (κ3) is 4.31. The van der Waals surface area contributed by atoms with Gasteiger partial charge in [0.15, 0.2) is 0 Å². The number of amides is 1. The van der Waals surface area contributed by atoms with E-state index < -0.39 is 24.9 Å². The molecular weight excluding hydrogens is 266 g/mol. The van der Waals surface area contributed by atoms with Gasteiger partial charge in [0.25, 0.3) is 0 Å². The standard InChI is InChI=1S/C11H17F4N3O/c12-7-3-9(16-4-7)10(19)17-8-1-2-18(5-8)6-11(13,14)15/h7-9,16H,1-6H2,(H,17,19)/t7-,8?,9+/m1/s1. The molecule has 0 aliphatic carbocycles. The summed E-state index contributed by atoms with van der Waals surface area (Å²) in [5.74, 6) is -0.320. The van der Waals surface area contributed by atoms with E-state index in [0.29, 0.717) is 13.0 Å². The van der Waals surface area contributed by atoms with Gasteiger partial charge in [-0.15, -0.1) is 0 Å². The Kier molecular flexibility index (Phi) is 4.29. The molecule has 4 nitrogen and oxygen atoms in total. The van der Waals surface area contributed by atoms with E-state index in [-0.39, 0.29) is 31.5 Å². The van der Waals surface area contributed by atoms with Crippen molar-refractivity contribution in [3.05, 3.63) is 0 Å². The van der Waals surface area contributed by atoms with Crippen molar-refractivity contribution >= 4 is 5.91 Å². The van der Waals surface area contributed by atoms with Crippen LogP contribution in [0.1, 0.15) is 12.8 Å². The molecule has 19 heavy (non-hydrogen) atoms. The van der Waals surface area contributed by atoms with Gasteiger partial charge in [0.2, 0.25) is 5.91 Å². The molecule has 2 rings (SSSR count). The first-order valence-corrected chi connectivity index (χ1v) is 6.30. The van der Waals surface area contributed by atoms with Gasteiger partial charge in [0.05, 0.1) is 12.6 Å². The summed E-state index contributed by atoms with van der Waals surface area (Å²) in [6.07, 6.45) is -4.62. The van der Waals surface area contributed by atoms with Crippen molar-refractivity contribution in [2.75, 3.05) is 26.2 Å². The number of likely N-dealkylation sites (tertiary alicyclic amines) is 1. The van der Waals surface area contributed by atoms with E-state index in [1.165, 1.54) is 4.90 Å². The Labute approximate surface area is 108 Å². The van der Waals surface area contributed by atoms with E-state index in [1.54, 1.807) is 0 Å². The van der Waals surface area contributed by atoms with Gasteiger partial charge in [-0.25, -0.2) is 4.39 Å². The fourth-order valence-electron chi connectivity index (χ4n) is 2.54. The summed E-state index contributed by atoms with van der Waals surface area (Å²) in [4.78, 5) is 13.0. The van der Waals surface area contributed by atoms with Crippen molar-refractivity contribution in [2.45, 2.75) is 37.3 Å². The maximum Gasteiger partial charge on any atom is 0.401 e. The highest BCUT2D eigenvalue weighted by Gasteiger charge is 2.36. The molecule has 110 valence electrons. The number of halogens is 4. The molecule has 0 aromatic rings. The van der Waals surface area contributed by atoms with Gasteiger partial charge in [0.1, 0.15) is 6.17 Å². The summed E-state index contributed by atoms with van der Waals surface area (Å²) < 4.78 is 49.5. The lowest BCUT2D eigenvalue weighted by molar-refractivity contribution is -0.143. The zero-order valence-corrected chi connectivity index (χ0v) is 10.3. The first-order chi connectivity index (χ1) is 8.83. The summed E-state index contributed by atoms with van der Waals surface area (Å²) in [7, 11) is 0. The van der Waals surface area contributed by atoms with Crippen LogP contribution in [0.2, 0.25) is 0 Å². The number of alkyl halides is 4. The Hall–Kier alpha value is -0.890. The maximum atomic E-state index is 12.9. The lowest BCUT2D eigenvalue weighted by Gasteiger charge is -2.19. The van der Waals surface area contributed by atoms with E-state index in [9.17, 15) is 22.4 Å². The van der Waals surface area contributed by atoms with E-state index in [0.717, 1.165) is 0 Å². The molecule has 0 radical (unpaired) electrons. The first-order valence-electron chi connectivity index (χ1n) is 6.30. The molecule has 0 aromatic carbocycles. The zero-order valence-electron chi connectivity index (χ0n) is 10.3. The van der Waals surface area contributed by atoms with E-state index >= 15 is 0 Å². The van der Waals surface area contributed by atoms with Crippen molar-refractivity contribution in [3.8, 4) is 0 Å². The van der Waals surface area contributed by atoms with Crippen LogP contribution in [0.3, 0.4) is 0 Å². The Bertz CT molecular complexity index is 336. The molecule has 3 atom stereocenters. The highest BCUT2D eigenvalue weighted by Crippen LogP contribution is 2.20. The van der Waals surface area contributed by atoms with Crippen LogP contribution in [-0.4, -0.2) is 61.4 Å². The summed E-state index contributed by atoms with van der Waals surface area (Å²) in [5.41, 5.74) is 0. The normalized spacial score (nSPS) is 32.7. The van der Waals surface area contributed by atoms with Gasteiger partial charge in [-0.05, 0) is 6.42 Å². The van der Waals surface area contributed by atoms with Crippen molar-refractivity contribution in [2.24, 2.45) is 0 Å². The lowest BCUT2D eigenvalue weighted by atomic mass is 10.2. The summed E-state index contributed by atoms with van der Waals surface area (Å²) in [6.45, 7) is -0.290. The molecule has 0 aromatic heterocycles. The summed E-state index contributed by atoms with van der Waals surface area (Å²) >= 11 is 0. The van der Waals surface area contributed by atoms with Gasteiger partial charge in [-0.3, -0.25) is 9.69 Å². The molecule has 2 fully saturated rings. The Balaban J connectivity index is 1.74. The van der Waals surface area contributed by atoms with Crippen molar-refractivity contribution < 1.29 is 22.4 Å². The van der Waals surface area contributed by atoms with Crippen LogP contribution in [-0.2, 0) is 4.79 Å². The van der Waals surface area contributed by atoms with Crippen LogP contribution in [0, 0.1) is 0 Å². The first kappa shape index (κ1) is 14.5. The van der Waals surface area contributed by atoms with Crippen LogP contribution in [0.4, 0.5) is 17.6 Å². The van der Waals surface area contributed by atoms with Crippen LogP contribution in [0.15, 0.2) is 0 Å². The quantitative estimate of drug-likeness (QED) is 0.739. The molecule has 0 bridgehead atoms. The van der Waals surface area contributed by atoms with Crippen LogP contribution in [0.25, 0.3) is 0 Å². The maximum absolute atomic E-state index is 12.9. The third-order valence-electron chi connectivity index (χ3n) is 3.42. The van der Waals surface area contributed by atoms with Gasteiger partial charge in [-0.2, -0.15) is 13.2 Å². The van der Waals surface area contributed by atoms with Crippen molar-refractivity contribution in [1.82, 2.24) is 15.5 Å². The molecule has 2 saturated heterocycles. The number of hydrogen-bond acceptors (Lipinski definition) is 3. The predicted octanol–water partition coefficient (Wildman–Crippen LogP) is 0.439. The van der Waals surface area contributed by atoms with Crippen LogP contribution < -0.4 is 10.6 Å². The molecule has 1 unspecified atom stereocenters. The Morgan fingerprint density at radius 1 is 1.42 bits per heavy atom. The minimum atomic E-state index is -4.21. The van der Waals surface area contributed by atoms with Crippen LogP contribution >= 0.6 is 0 Å².